The minimum absolute atomic E-state index is 0. The Morgan fingerprint density at radius 2 is 1.85 bits per heavy atom. The monoisotopic (exact) mass is 387 g/mol. The lowest BCUT2D eigenvalue weighted by Crippen LogP contribution is -2.51. The van der Waals surface area contributed by atoms with Crippen LogP contribution in [0.15, 0.2) is 48.5 Å². The molecule has 4 rings (SSSR count). The molecule has 1 fully saturated rings. The molecule has 2 aliphatic rings. The summed E-state index contributed by atoms with van der Waals surface area (Å²) in [5.74, 6) is 0.884. The van der Waals surface area contributed by atoms with Gasteiger partial charge in [0.2, 0.25) is 0 Å². The molecule has 1 saturated heterocycles. The quantitative estimate of drug-likeness (QED) is 0.819. The highest BCUT2D eigenvalue weighted by Gasteiger charge is 2.33. The van der Waals surface area contributed by atoms with E-state index >= 15 is 0 Å². The molecule has 0 saturated carbocycles. The number of likely N-dealkylation sites (tertiary alicyclic amines) is 1. The van der Waals surface area contributed by atoms with Crippen molar-refractivity contribution in [2.24, 2.45) is 0 Å². The first-order chi connectivity index (χ1) is 12.7. The first-order valence-electron chi connectivity index (χ1n) is 9.34. The summed E-state index contributed by atoms with van der Waals surface area (Å²) >= 11 is 0. The number of nitrogens with two attached hydrogens (primary N) is 1. The first-order valence-corrected chi connectivity index (χ1v) is 9.34. The number of nitrogen functional groups attached to an aromatic ring is 1. The predicted molar refractivity (Wildman–Crippen MR) is 110 cm³/mol. The Bertz CT molecular complexity index is 793. The zero-order chi connectivity index (χ0) is 17.9. The van der Waals surface area contributed by atoms with Crippen molar-refractivity contribution in [2.75, 3.05) is 30.3 Å². The lowest BCUT2D eigenvalue weighted by atomic mass is 10.1. The average Bonchev–Trinajstić information content (AvgIpc) is 2.68. The molecule has 27 heavy (non-hydrogen) atoms. The van der Waals surface area contributed by atoms with Crippen molar-refractivity contribution >= 4 is 29.7 Å². The molecule has 1 amide bonds. The fourth-order valence-corrected chi connectivity index (χ4v) is 3.82. The number of hydrogen-bond donors (Lipinski definition) is 1. The number of nitrogens with zero attached hydrogens (tertiary/aromatic N) is 2. The predicted octanol–water partition coefficient (Wildman–Crippen LogP) is 3.47. The Labute approximate surface area is 166 Å². The van der Waals surface area contributed by atoms with E-state index < -0.39 is 6.10 Å². The van der Waals surface area contributed by atoms with Gasteiger partial charge in [-0.05, 0) is 49.1 Å². The Morgan fingerprint density at radius 1 is 1.07 bits per heavy atom. The molecule has 1 unspecified atom stereocenters. The molecule has 0 bridgehead atoms. The van der Waals surface area contributed by atoms with Crippen LogP contribution < -0.4 is 15.4 Å². The van der Waals surface area contributed by atoms with Crippen molar-refractivity contribution in [1.29, 1.82) is 0 Å². The van der Waals surface area contributed by atoms with Crippen LogP contribution in [0.1, 0.15) is 24.8 Å². The van der Waals surface area contributed by atoms with Crippen LogP contribution in [-0.4, -0.2) is 36.5 Å². The zero-order valence-electron chi connectivity index (χ0n) is 15.3. The van der Waals surface area contributed by atoms with E-state index in [1.54, 1.807) is 0 Å². The normalized spacial score (nSPS) is 18.9. The van der Waals surface area contributed by atoms with Crippen LogP contribution in [0.25, 0.3) is 0 Å². The maximum atomic E-state index is 13.0. The van der Waals surface area contributed by atoms with Crippen LogP contribution in [0, 0.1) is 0 Å². The van der Waals surface area contributed by atoms with Crippen LogP contribution in [0.2, 0.25) is 0 Å². The van der Waals surface area contributed by atoms with Crippen LogP contribution in [0.3, 0.4) is 0 Å². The second-order valence-electron chi connectivity index (χ2n) is 7.09. The van der Waals surface area contributed by atoms with E-state index in [4.69, 9.17) is 10.5 Å². The van der Waals surface area contributed by atoms with E-state index in [1.165, 1.54) is 6.42 Å². The number of benzene rings is 2. The van der Waals surface area contributed by atoms with Gasteiger partial charge in [0.05, 0.1) is 12.2 Å². The second-order valence-corrected chi connectivity index (χ2v) is 7.09. The third kappa shape index (κ3) is 4.30. The lowest BCUT2D eigenvalue weighted by molar-refractivity contribution is -0.139. The van der Waals surface area contributed by atoms with Gasteiger partial charge in [-0.15, -0.1) is 12.4 Å². The third-order valence-corrected chi connectivity index (χ3v) is 5.13. The average molecular weight is 388 g/mol. The molecule has 6 heteroatoms. The van der Waals surface area contributed by atoms with Crippen LogP contribution >= 0.6 is 12.4 Å². The van der Waals surface area contributed by atoms with E-state index in [2.05, 4.69) is 11.0 Å². The van der Waals surface area contributed by atoms with Crippen molar-refractivity contribution in [3.63, 3.8) is 0 Å². The zero-order valence-corrected chi connectivity index (χ0v) is 16.2. The van der Waals surface area contributed by atoms with Gasteiger partial charge < -0.3 is 20.3 Å². The number of hydrogen-bond acceptors (Lipinski definition) is 4. The number of amides is 1. The first kappa shape index (κ1) is 19.4. The third-order valence-electron chi connectivity index (χ3n) is 5.13. The number of piperidine rings is 1. The van der Waals surface area contributed by atoms with Gasteiger partial charge in [0, 0.05) is 25.3 Å². The van der Waals surface area contributed by atoms with Crippen LogP contribution in [0.4, 0.5) is 11.4 Å². The number of para-hydroxylation sites is 2. The minimum atomic E-state index is -0.455. The van der Waals surface area contributed by atoms with E-state index in [0.717, 1.165) is 48.6 Å². The lowest BCUT2D eigenvalue weighted by Gasteiger charge is -2.38. The molecule has 5 nitrogen and oxygen atoms in total. The summed E-state index contributed by atoms with van der Waals surface area (Å²) in [5.41, 5.74) is 8.84. The van der Waals surface area contributed by atoms with Crippen molar-refractivity contribution in [1.82, 2.24) is 4.90 Å². The fourth-order valence-electron chi connectivity index (χ4n) is 3.82. The minimum Gasteiger partial charge on any atom is -0.477 e. The van der Waals surface area contributed by atoms with E-state index in [-0.39, 0.29) is 18.3 Å². The highest BCUT2D eigenvalue weighted by Crippen LogP contribution is 2.34. The van der Waals surface area contributed by atoms with E-state index in [0.29, 0.717) is 13.1 Å². The molecule has 2 aliphatic heterocycles. The maximum absolute atomic E-state index is 13.0. The van der Waals surface area contributed by atoms with Gasteiger partial charge in [-0.3, -0.25) is 4.79 Å². The molecule has 2 N–H and O–H groups in total. The smallest absolute Gasteiger partial charge is 0.265 e. The van der Waals surface area contributed by atoms with Gasteiger partial charge in [-0.1, -0.05) is 24.3 Å². The van der Waals surface area contributed by atoms with Crippen molar-refractivity contribution in [2.45, 2.75) is 31.9 Å². The number of ether oxygens (including phenoxy) is 1. The van der Waals surface area contributed by atoms with Crippen LogP contribution in [-0.2, 0) is 11.3 Å². The van der Waals surface area contributed by atoms with Gasteiger partial charge in [-0.2, -0.15) is 0 Å². The molecule has 2 aromatic carbocycles. The summed E-state index contributed by atoms with van der Waals surface area (Å²) in [6.07, 6.45) is 2.92. The summed E-state index contributed by atoms with van der Waals surface area (Å²) in [6.45, 7) is 2.95. The number of fused-ring (bicyclic) bond motifs is 1. The maximum Gasteiger partial charge on any atom is 0.265 e. The summed E-state index contributed by atoms with van der Waals surface area (Å²) < 4.78 is 6.08. The van der Waals surface area contributed by atoms with Crippen LogP contribution in [0.5, 0.6) is 5.75 Å². The Morgan fingerprint density at radius 3 is 2.63 bits per heavy atom. The van der Waals surface area contributed by atoms with E-state index in [9.17, 15) is 4.79 Å². The SMILES string of the molecule is Cl.Nc1cccc(CN2CC(C(=O)N3CCCCC3)Oc3ccccc32)c1. The second kappa shape index (κ2) is 8.53. The number of anilines is 2. The highest BCUT2D eigenvalue weighted by molar-refractivity contribution is 5.85. The van der Waals surface area contributed by atoms with Crippen molar-refractivity contribution < 1.29 is 9.53 Å². The largest absolute Gasteiger partial charge is 0.477 e. The molecular weight excluding hydrogens is 362 g/mol. The van der Waals surface area contributed by atoms with Gasteiger partial charge in [0.1, 0.15) is 5.75 Å². The summed E-state index contributed by atoms with van der Waals surface area (Å²) in [5, 5.41) is 0. The summed E-state index contributed by atoms with van der Waals surface area (Å²) in [6, 6.07) is 15.8. The Hall–Kier alpha value is -2.40. The van der Waals surface area contributed by atoms with Gasteiger partial charge in [0.25, 0.3) is 5.91 Å². The van der Waals surface area contributed by atoms with E-state index in [1.807, 2.05) is 47.4 Å². The molecule has 144 valence electrons. The van der Waals surface area contributed by atoms with Gasteiger partial charge in [-0.25, -0.2) is 0 Å². The molecule has 2 heterocycles. The number of carbonyl (C=O) groups excluding carboxylic acids is 1. The van der Waals surface area contributed by atoms with Gasteiger partial charge in [0.15, 0.2) is 6.10 Å². The Kier molecular flexibility index (Phi) is 6.11. The highest BCUT2D eigenvalue weighted by atomic mass is 35.5. The summed E-state index contributed by atoms with van der Waals surface area (Å²) in [4.78, 5) is 17.2. The standard InChI is InChI=1S/C21H25N3O2.ClH/c22-17-8-6-7-16(13-17)14-24-15-20(21(25)23-11-4-1-5-12-23)26-19-10-3-2-9-18(19)24;/h2-3,6-10,13,20H,1,4-5,11-12,14-15,22H2;1H. The molecular formula is C21H26ClN3O2. The topological polar surface area (TPSA) is 58.8 Å². The molecule has 0 aliphatic carbocycles. The molecule has 1 atom stereocenters. The number of halogens is 1. The number of carbonyl (C=O) groups is 1. The fraction of sp³-hybridized carbons (Fsp3) is 0.381. The van der Waals surface area contributed by atoms with Gasteiger partial charge >= 0.3 is 0 Å². The Balaban J connectivity index is 0.00000210. The van der Waals surface area contributed by atoms with Crippen molar-refractivity contribution in [3.8, 4) is 5.75 Å². The molecule has 2 aromatic rings. The molecule has 0 aromatic heterocycles. The molecule has 0 radical (unpaired) electrons. The number of rotatable bonds is 3. The molecule has 0 spiro atoms. The summed E-state index contributed by atoms with van der Waals surface area (Å²) in [7, 11) is 0. The van der Waals surface area contributed by atoms with Crippen molar-refractivity contribution in [3.05, 3.63) is 54.1 Å².